The maximum Gasteiger partial charge on any atom is -0.0181 e. The van der Waals surface area contributed by atoms with E-state index in [1.165, 1.54) is 61.3 Å². The Balaban J connectivity index is 1.83. The van der Waals surface area contributed by atoms with E-state index in [1.54, 1.807) is 0 Å². The van der Waals surface area contributed by atoms with Gasteiger partial charge in [0.15, 0.2) is 0 Å². The fraction of sp³-hybridized carbons (Fsp3) is 0.500. The van der Waals surface area contributed by atoms with Gasteiger partial charge in [-0.15, -0.1) is 0 Å². The molecular formula is C20H28. The van der Waals surface area contributed by atoms with Crippen LogP contribution in [0, 0.1) is 0 Å². The van der Waals surface area contributed by atoms with E-state index in [9.17, 15) is 0 Å². The Hall–Kier alpha value is -1.30. The zero-order valence-corrected chi connectivity index (χ0v) is 13.1. The lowest BCUT2D eigenvalue weighted by Gasteiger charge is -2.12. The number of hydrogen-bond acceptors (Lipinski definition) is 0. The van der Waals surface area contributed by atoms with Gasteiger partial charge in [0.1, 0.15) is 0 Å². The summed E-state index contributed by atoms with van der Waals surface area (Å²) in [6, 6.07) is 15.6. The van der Waals surface area contributed by atoms with Crippen molar-refractivity contribution < 1.29 is 0 Å². The van der Waals surface area contributed by atoms with Crippen LogP contribution in [0.5, 0.6) is 0 Å². The van der Waals surface area contributed by atoms with Crippen molar-refractivity contribution in [3.05, 3.63) is 48.0 Å². The summed E-state index contributed by atoms with van der Waals surface area (Å²) < 4.78 is 0. The van der Waals surface area contributed by atoms with E-state index < -0.39 is 0 Å². The molecule has 0 spiro atoms. The zero-order valence-electron chi connectivity index (χ0n) is 13.1. The Morgan fingerprint density at radius 1 is 0.800 bits per heavy atom. The standard InChI is InChI=1S/C20H28/c1-3-4-5-6-7-8-11-17(2)19-15-14-18-12-9-10-13-20(18)16-19/h9-10,12-17H,3-8,11H2,1-2H3. The van der Waals surface area contributed by atoms with Gasteiger partial charge in [-0.3, -0.25) is 0 Å². The number of fused-ring (bicyclic) bond motifs is 1. The summed E-state index contributed by atoms with van der Waals surface area (Å²) in [5, 5.41) is 2.72. The van der Waals surface area contributed by atoms with E-state index in [4.69, 9.17) is 0 Å². The van der Waals surface area contributed by atoms with Crippen molar-refractivity contribution >= 4 is 10.8 Å². The van der Waals surface area contributed by atoms with E-state index >= 15 is 0 Å². The lowest BCUT2D eigenvalue weighted by molar-refractivity contribution is 0.557. The van der Waals surface area contributed by atoms with Gasteiger partial charge in [-0.25, -0.2) is 0 Å². The average Bonchev–Trinajstić information content (AvgIpc) is 2.50. The maximum absolute atomic E-state index is 2.37. The van der Waals surface area contributed by atoms with Crippen molar-refractivity contribution in [3.63, 3.8) is 0 Å². The molecule has 0 aliphatic carbocycles. The monoisotopic (exact) mass is 268 g/mol. The fourth-order valence-electron chi connectivity index (χ4n) is 2.91. The molecule has 1 atom stereocenters. The largest absolute Gasteiger partial charge is 0.0654 e. The molecule has 0 saturated carbocycles. The zero-order chi connectivity index (χ0) is 14.2. The minimum atomic E-state index is 0.686. The number of hydrogen-bond donors (Lipinski definition) is 0. The summed E-state index contributed by atoms with van der Waals surface area (Å²) in [5.41, 5.74) is 1.50. The van der Waals surface area contributed by atoms with Crippen LogP contribution in [0.2, 0.25) is 0 Å². The molecule has 0 radical (unpaired) electrons. The molecule has 2 aromatic rings. The van der Waals surface area contributed by atoms with E-state index in [0.717, 1.165) is 0 Å². The van der Waals surface area contributed by atoms with Crippen LogP contribution in [0.15, 0.2) is 42.5 Å². The average molecular weight is 268 g/mol. The van der Waals surface area contributed by atoms with Crippen molar-refractivity contribution in [2.45, 2.75) is 64.7 Å². The van der Waals surface area contributed by atoms with Crippen molar-refractivity contribution in [3.8, 4) is 0 Å². The SMILES string of the molecule is CCCCCCCCC(C)c1ccc2ccccc2c1. The first kappa shape index (κ1) is 15.1. The molecule has 0 heteroatoms. The summed E-state index contributed by atoms with van der Waals surface area (Å²) in [7, 11) is 0. The molecule has 0 nitrogen and oxygen atoms in total. The highest BCUT2D eigenvalue weighted by molar-refractivity contribution is 5.83. The Kier molecular flexibility index (Phi) is 6.11. The van der Waals surface area contributed by atoms with Gasteiger partial charge in [-0.05, 0) is 28.7 Å². The Morgan fingerprint density at radius 3 is 2.30 bits per heavy atom. The molecule has 0 aromatic heterocycles. The molecule has 108 valence electrons. The van der Waals surface area contributed by atoms with Gasteiger partial charge in [0, 0.05) is 0 Å². The second kappa shape index (κ2) is 8.09. The van der Waals surface area contributed by atoms with Crippen LogP contribution in [0.3, 0.4) is 0 Å². The third-order valence-corrected chi connectivity index (χ3v) is 4.33. The van der Waals surface area contributed by atoms with Gasteiger partial charge in [0.2, 0.25) is 0 Å². The first-order valence-electron chi connectivity index (χ1n) is 8.30. The van der Waals surface area contributed by atoms with Crippen LogP contribution in [0.25, 0.3) is 10.8 Å². The number of unbranched alkanes of at least 4 members (excludes halogenated alkanes) is 5. The molecule has 2 aromatic carbocycles. The van der Waals surface area contributed by atoms with Crippen LogP contribution in [-0.2, 0) is 0 Å². The fourth-order valence-corrected chi connectivity index (χ4v) is 2.91. The van der Waals surface area contributed by atoms with E-state index in [-0.39, 0.29) is 0 Å². The first-order chi connectivity index (χ1) is 9.81. The van der Waals surface area contributed by atoms with Crippen LogP contribution in [0.1, 0.15) is 70.3 Å². The quantitative estimate of drug-likeness (QED) is 0.468. The lowest BCUT2D eigenvalue weighted by atomic mass is 9.93. The predicted molar refractivity (Wildman–Crippen MR) is 90.4 cm³/mol. The summed E-state index contributed by atoms with van der Waals surface area (Å²) in [6.07, 6.45) is 9.67. The molecule has 0 saturated heterocycles. The van der Waals surface area contributed by atoms with Gasteiger partial charge in [0.25, 0.3) is 0 Å². The first-order valence-corrected chi connectivity index (χ1v) is 8.30. The summed E-state index contributed by atoms with van der Waals surface area (Å²) in [4.78, 5) is 0. The maximum atomic E-state index is 2.37. The second-order valence-electron chi connectivity index (χ2n) is 6.06. The minimum absolute atomic E-state index is 0.686. The summed E-state index contributed by atoms with van der Waals surface area (Å²) in [5.74, 6) is 0.686. The molecule has 0 heterocycles. The minimum Gasteiger partial charge on any atom is -0.0654 e. The second-order valence-corrected chi connectivity index (χ2v) is 6.06. The molecule has 0 fully saturated rings. The normalized spacial score (nSPS) is 12.7. The highest BCUT2D eigenvalue weighted by Crippen LogP contribution is 2.25. The lowest BCUT2D eigenvalue weighted by Crippen LogP contribution is -1.94. The smallest absolute Gasteiger partial charge is 0.0181 e. The molecule has 1 unspecified atom stereocenters. The van der Waals surface area contributed by atoms with Crippen molar-refractivity contribution in [2.24, 2.45) is 0 Å². The van der Waals surface area contributed by atoms with Crippen LogP contribution >= 0.6 is 0 Å². The third-order valence-electron chi connectivity index (χ3n) is 4.33. The summed E-state index contributed by atoms with van der Waals surface area (Å²) in [6.45, 7) is 4.65. The topological polar surface area (TPSA) is 0 Å². The molecule has 20 heavy (non-hydrogen) atoms. The van der Waals surface area contributed by atoms with Crippen LogP contribution in [0.4, 0.5) is 0 Å². The molecule has 0 aliphatic rings. The van der Waals surface area contributed by atoms with Crippen LogP contribution < -0.4 is 0 Å². The highest BCUT2D eigenvalue weighted by atomic mass is 14.1. The van der Waals surface area contributed by atoms with Gasteiger partial charge in [-0.1, -0.05) is 94.8 Å². The van der Waals surface area contributed by atoms with Gasteiger partial charge < -0.3 is 0 Å². The predicted octanol–water partition coefficient (Wildman–Crippen LogP) is 6.69. The molecule has 2 rings (SSSR count). The number of benzene rings is 2. The Morgan fingerprint density at radius 2 is 1.50 bits per heavy atom. The van der Waals surface area contributed by atoms with E-state index in [2.05, 4.69) is 56.3 Å². The van der Waals surface area contributed by atoms with Crippen molar-refractivity contribution in [2.75, 3.05) is 0 Å². The highest BCUT2D eigenvalue weighted by Gasteiger charge is 2.06. The molecule has 0 aliphatic heterocycles. The van der Waals surface area contributed by atoms with Crippen molar-refractivity contribution in [1.82, 2.24) is 0 Å². The molecule has 0 amide bonds. The van der Waals surface area contributed by atoms with Gasteiger partial charge in [0.05, 0.1) is 0 Å². The van der Waals surface area contributed by atoms with Crippen molar-refractivity contribution in [1.29, 1.82) is 0 Å². The number of rotatable bonds is 8. The Bertz CT molecular complexity index is 512. The molecule has 0 N–H and O–H groups in total. The van der Waals surface area contributed by atoms with Gasteiger partial charge in [-0.2, -0.15) is 0 Å². The summed E-state index contributed by atoms with van der Waals surface area (Å²) >= 11 is 0. The van der Waals surface area contributed by atoms with E-state index in [0.29, 0.717) is 5.92 Å². The van der Waals surface area contributed by atoms with E-state index in [1.807, 2.05) is 0 Å². The molecule has 0 bridgehead atoms. The molecular weight excluding hydrogens is 240 g/mol. The van der Waals surface area contributed by atoms with Gasteiger partial charge >= 0.3 is 0 Å². The Labute approximate surface area is 124 Å². The van der Waals surface area contributed by atoms with Crippen LogP contribution in [-0.4, -0.2) is 0 Å². The third kappa shape index (κ3) is 4.37.